The maximum Gasteiger partial charge on any atom is 0.0277 e. The highest BCUT2D eigenvalue weighted by Crippen LogP contribution is 1.92. The number of hydrogen-bond donors (Lipinski definition) is 0. The largest absolute Gasteiger partial charge is 0.296 e. The number of aliphatic imine (C=N–C) groups is 1. The first kappa shape index (κ1) is 8.15. The standard InChI is InChI=1S/C8H13N/c1-4-6-8(5-2)7-9-3/h5-7H,2,4H2,1,3H3/b8-6-,9-7?. The van der Waals surface area contributed by atoms with Crippen molar-refractivity contribution < 1.29 is 0 Å². The molecular formula is C8H13N. The third-order valence-electron chi connectivity index (χ3n) is 0.954. The third kappa shape index (κ3) is 3.71. The number of allylic oxidation sites excluding steroid dienone is 3. The lowest BCUT2D eigenvalue weighted by molar-refractivity contribution is 1.22. The van der Waals surface area contributed by atoms with Gasteiger partial charge in [-0.05, 0) is 12.0 Å². The average Bonchev–Trinajstić information content (AvgIpc) is 1.88. The quantitative estimate of drug-likeness (QED) is 0.403. The number of rotatable bonds is 3. The topological polar surface area (TPSA) is 12.4 Å². The van der Waals surface area contributed by atoms with Gasteiger partial charge in [-0.25, -0.2) is 0 Å². The van der Waals surface area contributed by atoms with E-state index in [-0.39, 0.29) is 0 Å². The number of hydrogen-bond acceptors (Lipinski definition) is 1. The molecule has 1 nitrogen and oxygen atoms in total. The van der Waals surface area contributed by atoms with Gasteiger partial charge in [-0.3, -0.25) is 4.99 Å². The zero-order valence-corrected chi connectivity index (χ0v) is 6.09. The van der Waals surface area contributed by atoms with E-state index >= 15 is 0 Å². The second-order valence-electron chi connectivity index (χ2n) is 1.70. The van der Waals surface area contributed by atoms with Crippen LogP contribution in [0.2, 0.25) is 0 Å². The van der Waals surface area contributed by atoms with Crippen molar-refractivity contribution in [1.82, 2.24) is 0 Å². The Hall–Kier alpha value is -0.850. The van der Waals surface area contributed by atoms with E-state index in [0.29, 0.717) is 0 Å². The summed E-state index contributed by atoms with van der Waals surface area (Å²) in [5, 5.41) is 0. The van der Waals surface area contributed by atoms with Gasteiger partial charge in [-0.15, -0.1) is 0 Å². The van der Waals surface area contributed by atoms with Gasteiger partial charge in [0.25, 0.3) is 0 Å². The molecule has 0 aliphatic carbocycles. The summed E-state index contributed by atoms with van der Waals surface area (Å²) in [5.74, 6) is 0. The Morgan fingerprint density at radius 1 is 1.67 bits per heavy atom. The zero-order valence-electron chi connectivity index (χ0n) is 6.09. The molecule has 0 aromatic heterocycles. The van der Waals surface area contributed by atoms with E-state index in [1.807, 2.05) is 0 Å². The van der Waals surface area contributed by atoms with Crippen LogP contribution in [0.5, 0.6) is 0 Å². The van der Waals surface area contributed by atoms with Crippen molar-refractivity contribution in [1.29, 1.82) is 0 Å². The molecule has 0 saturated heterocycles. The molecule has 0 saturated carbocycles. The Labute approximate surface area is 56.8 Å². The van der Waals surface area contributed by atoms with E-state index < -0.39 is 0 Å². The lowest BCUT2D eigenvalue weighted by Gasteiger charge is -1.87. The van der Waals surface area contributed by atoms with Gasteiger partial charge < -0.3 is 0 Å². The van der Waals surface area contributed by atoms with E-state index in [1.54, 1.807) is 19.3 Å². The van der Waals surface area contributed by atoms with Crippen molar-refractivity contribution in [2.75, 3.05) is 7.05 Å². The minimum atomic E-state index is 1.04. The predicted octanol–water partition coefficient (Wildman–Crippen LogP) is 2.21. The summed E-state index contributed by atoms with van der Waals surface area (Å²) in [6.07, 6.45) is 6.72. The van der Waals surface area contributed by atoms with Crippen LogP contribution in [0.25, 0.3) is 0 Å². The van der Waals surface area contributed by atoms with Crippen LogP contribution >= 0.6 is 0 Å². The van der Waals surface area contributed by atoms with Crippen LogP contribution in [-0.4, -0.2) is 13.3 Å². The molecule has 0 atom stereocenters. The second-order valence-corrected chi connectivity index (χ2v) is 1.70. The normalized spacial score (nSPS) is 12.4. The van der Waals surface area contributed by atoms with Crippen LogP contribution in [0.1, 0.15) is 13.3 Å². The minimum absolute atomic E-state index is 1.04. The van der Waals surface area contributed by atoms with Crippen LogP contribution in [-0.2, 0) is 0 Å². The highest BCUT2D eigenvalue weighted by molar-refractivity contribution is 5.81. The molecule has 0 aromatic carbocycles. The van der Waals surface area contributed by atoms with Crippen molar-refractivity contribution in [3.63, 3.8) is 0 Å². The van der Waals surface area contributed by atoms with Crippen molar-refractivity contribution in [2.45, 2.75) is 13.3 Å². The van der Waals surface area contributed by atoms with Gasteiger partial charge in [-0.1, -0.05) is 25.7 Å². The Kier molecular flexibility index (Phi) is 4.79. The van der Waals surface area contributed by atoms with Gasteiger partial charge in [0.2, 0.25) is 0 Å². The van der Waals surface area contributed by atoms with Gasteiger partial charge in [0.1, 0.15) is 0 Å². The minimum Gasteiger partial charge on any atom is -0.296 e. The molecule has 0 aliphatic rings. The molecule has 0 N–H and O–H groups in total. The van der Waals surface area contributed by atoms with Crippen LogP contribution < -0.4 is 0 Å². The van der Waals surface area contributed by atoms with Gasteiger partial charge >= 0.3 is 0 Å². The Morgan fingerprint density at radius 3 is 2.67 bits per heavy atom. The fourth-order valence-electron chi connectivity index (χ4n) is 0.574. The molecule has 0 radical (unpaired) electrons. The van der Waals surface area contributed by atoms with Crippen LogP contribution in [0.15, 0.2) is 29.3 Å². The van der Waals surface area contributed by atoms with Gasteiger partial charge in [0, 0.05) is 13.3 Å². The van der Waals surface area contributed by atoms with Gasteiger partial charge in [0.05, 0.1) is 0 Å². The van der Waals surface area contributed by atoms with Crippen molar-refractivity contribution in [3.8, 4) is 0 Å². The first-order valence-corrected chi connectivity index (χ1v) is 3.10. The number of nitrogens with zero attached hydrogens (tertiary/aromatic N) is 1. The molecule has 0 aliphatic heterocycles. The maximum atomic E-state index is 3.86. The van der Waals surface area contributed by atoms with E-state index in [1.165, 1.54) is 0 Å². The molecule has 0 fully saturated rings. The van der Waals surface area contributed by atoms with Crippen LogP contribution in [0.4, 0.5) is 0 Å². The molecule has 0 unspecified atom stereocenters. The Bertz CT molecular complexity index is 132. The molecule has 1 heteroatoms. The molecule has 50 valence electrons. The lowest BCUT2D eigenvalue weighted by Crippen LogP contribution is -1.77. The van der Waals surface area contributed by atoms with Crippen molar-refractivity contribution >= 4 is 6.21 Å². The predicted molar refractivity (Wildman–Crippen MR) is 43.0 cm³/mol. The summed E-state index contributed by atoms with van der Waals surface area (Å²) in [4.78, 5) is 3.86. The highest BCUT2D eigenvalue weighted by atomic mass is 14.6. The molecule has 0 rings (SSSR count). The lowest BCUT2D eigenvalue weighted by atomic mass is 10.2. The summed E-state index contributed by atoms with van der Waals surface area (Å²) in [6.45, 7) is 5.73. The third-order valence-corrected chi connectivity index (χ3v) is 0.954. The van der Waals surface area contributed by atoms with Crippen molar-refractivity contribution in [2.24, 2.45) is 4.99 Å². The molecule has 9 heavy (non-hydrogen) atoms. The second kappa shape index (κ2) is 5.29. The van der Waals surface area contributed by atoms with E-state index in [9.17, 15) is 0 Å². The van der Waals surface area contributed by atoms with E-state index in [2.05, 4.69) is 24.6 Å². The Morgan fingerprint density at radius 2 is 2.33 bits per heavy atom. The SMILES string of the molecule is C=C/C(C=NC)=C/CC. The summed E-state index contributed by atoms with van der Waals surface area (Å²) in [7, 11) is 1.76. The first-order chi connectivity index (χ1) is 4.35. The van der Waals surface area contributed by atoms with E-state index in [4.69, 9.17) is 0 Å². The maximum absolute atomic E-state index is 3.86. The molecule has 0 spiro atoms. The molecular weight excluding hydrogens is 110 g/mol. The Balaban J connectivity index is 3.97. The monoisotopic (exact) mass is 123 g/mol. The summed E-state index contributed by atoms with van der Waals surface area (Å²) < 4.78 is 0. The zero-order chi connectivity index (χ0) is 7.11. The van der Waals surface area contributed by atoms with Gasteiger partial charge in [-0.2, -0.15) is 0 Å². The average molecular weight is 123 g/mol. The fourth-order valence-corrected chi connectivity index (χ4v) is 0.574. The smallest absolute Gasteiger partial charge is 0.0277 e. The summed E-state index contributed by atoms with van der Waals surface area (Å²) in [5.41, 5.74) is 1.10. The van der Waals surface area contributed by atoms with Crippen LogP contribution in [0, 0.1) is 0 Å². The van der Waals surface area contributed by atoms with E-state index in [0.717, 1.165) is 12.0 Å². The molecule has 0 aromatic rings. The van der Waals surface area contributed by atoms with Gasteiger partial charge in [0.15, 0.2) is 0 Å². The summed E-state index contributed by atoms with van der Waals surface area (Å²) >= 11 is 0. The summed E-state index contributed by atoms with van der Waals surface area (Å²) in [6, 6.07) is 0. The molecule has 0 amide bonds. The first-order valence-electron chi connectivity index (χ1n) is 3.10. The fraction of sp³-hybridized carbons (Fsp3) is 0.375. The molecule has 0 heterocycles. The highest BCUT2D eigenvalue weighted by Gasteiger charge is 1.79. The molecule has 0 bridgehead atoms. The van der Waals surface area contributed by atoms with Crippen LogP contribution in [0.3, 0.4) is 0 Å². The van der Waals surface area contributed by atoms with Crippen molar-refractivity contribution in [3.05, 3.63) is 24.3 Å².